The van der Waals surface area contributed by atoms with Crippen LogP contribution in [0.15, 0.2) is 83.8 Å². The topological polar surface area (TPSA) is 86.8 Å². The second-order valence-corrected chi connectivity index (χ2v) is 13.4. The highest BCUT2D eigenvalue weighted by atomic mass is 32.2. The summed E-state index contributed by atoms with van der Waals surface area (Å²) in [5.74, 6) is -0.364. The first-order chi connectivity index (χ1) is 20.1. The molecule has 4 rings (SSSR count). The summed E-state index contributed by atoms with van der Waals surface area (Å²) in [5.41, 5.74) is 3.44. The summed E-state index contributed by atoms with van der Waals surface area (Å²) in [6.07, 6.45) is 4.58. The number of nitrogens with one attached hydrogen (secondary N) is 1. The molecule has 0 bridgehead atoms. The van der Waals surface area contributed by atoms with E-state index >= 15 is 0 Å². The monoisotopic (exact) mass is 589 g/mol. The van der Waals surface area contributed by atoms with Gasteiger partial charge in [0.25, 0.3) is 10.0 Å². The van der Waals surface area contributed by atoms with Gasteiger partial charge < -0.3 is 10.2 Å². The maximum atomic E-state index is 14.1. The number of carbonyl (C=O) groups excluding carboxylic acids is 2. The Balaban J connectivity index is 1.65. The molecule has 7 nitrogen and oxygen atoms in total. The van der Waals surface area contributed by atoms with E-state index in [9.17, 15) is 18.0 Å². The van der Waals surface area contributed by atoms with Gasteiger partial charge in [-0.15, -0.1) is 0 Å². The fourth-order valence-electron chi connectivity index (χ4n) is 5.35. The molecule has 0 saturated heterocycles. The number of sulfonamides is 1. The predicted octanol–water partition coefficient (Wildman–Crippen LogP) is 5.83. The molecule has 224 valence electrons. The number of aryl methyl sites for hydroxylation is 1. The molecule has 1 unspecified atom stereocenters. The van der Waals surface area contributed by atoms with E-state index in [0.29, 0.717) is 12.1 Å². The Morgan fingerprint density at radius 3 is 2.10 bits per heavy atom. The summed E-state index contributed by atoms with van der Waals surface area (Å²) >= 11 is 0. The molecule has 2 amide bonds. The van der Waals surface area contributed by atoms with Gasteiger partial charge in [-0.2, -0.15) is 0 Å². The molecule has 0 spiro atoms. The summed E-state index contributed by atoms with van der Waals surface area (Å²) in [4.78, 5) is 29.0. The lowest BCUT2D eigenvalue weighted by atomic mass is 10.0. The van der Waals surface area contributed by atoms with Crippen LogP contribution in [0, 0.1) is 6.92 Å². The predicted molar refractivity (Wildman–Crippen MR) is 168 cm³/mol. The van der Waals surface area contributed by atoms with Crippen LogP contribution >= 0.6 is 0 Å². The number of hydrogen-bond acceptors (Lipinski definition) is 4. The lowest BCUT2D eigenvalue weighted by Crippen LogP contribution is -2.53. The van der Waals surface area contributed by atoms with Gasteiger partial charge in [0.05, 0.1) is 10.6 Å². The molecule has 0 aliphatic heterocycles. The van der Waals surface area contributed by atoms with Crippen LogP contribution < -0.4 is 9.62 Å². The van der Waals surface area contributed by atoms with Crippen LogP contribution in [0.5, 0.6) is 0 Å². The van der Waals surface area contributed by atoms with E-state index in [1.165, 1.54) is 9.21 Å². The number of nitrogens with zero attached hydrogens (tertiary/aromatic N) is 2. The summed E-state index contributed by atoms with van der Waals surface area (Å²) in [6.45, 7) is 7.62. The Bertz CT molecular complexity index is 1430. The van der Waals surface area contributed by atoms with E-state index in [4.69, 9.17) is 0 Å². The van der Waals surface area contributed by atoms with Gasteiger partial charge in [0.2, 0.25) is 11.8 Å². The molecule has 42 heavy (non-hydrogen) atoms. The van der Waals surface area contributed by atoms with Gasteiger partial charge in [0, 0.05) is 12.6 Å². The number of carbonyl (C=O) groups is 2. The molecule has 1 saturated carbocycles. The van der Waals surface area contributed by atoms with E-state index in [0.717, 1.165) is 42.4 Å². The molecular weight excluding hydrogens is 546 g/mol. The van der Waals surface area contributed by atoms with Gasteiger partial charge in [-0.3, -0.25) is 13.9 Å². The fraction of sp³-hybridized carbons (Fsp3) is 0.412. The van der Waals surface area contributed by atoms with E-state index in [2.05, 4.69) is 19.2 Å². The van der Waals surface area contributed by atoms with Crippen molar-refractivity contribution in [2.24, 2.45) is 0 Å². The zero-order valence-electron chi connectivity index (χ0n) is 25.1. The molecule has 1 aliphatic rings. The zero-order valence-corrected chi connectivity index (χ0v) is 25.9. The van der Waals surface area contributed by atoms with Gasteiger partial charge >= 0.3 is 0 Å². The second-order valence-electron chi connectivity index (χ2n) is 11.6. The molecule has 0 aromatic heterocycles. The van der Waals surface area contributed by atoms with Crippen molar-refractivity contribution in [1.29, 1.82) is 0 Å². The van der Waals surface area contributed by atoms with Crippen LogP contribution in [0.1, 0.15) is 69.1 Å². The summed E-state index contributed by atoms with van der Waals surface area (Å²) < 4.78 is 29.2. The van der Waals surface area contributed by atoms with Crippen molar-refractivity contribution in [3.63, 3.8) is 0 Å². The SMILES string of the molecule is Cc1ccc(S(=O)(=O)N(CC(=O)N(CCc2ccccc2)C(C)C(=O)NC2CCCC2)c2ccc(C(C)C)cc2)cc1. The molecular formula is C34H43N3O4S. The first kappa shape index (κ1) is 31.3. The Kier molecular flexibility index (Phi) is 10.4. The average Bonchev–Trinajstić information content (AvgIpc) is 3.49. The molecule has 1 N–H and O–H groups in total. The minimum atomic E-state index is -4.08. The zero-order chi connectivity index (χ0) is 30.3. The largest absolute Gasteiger partial charge is 0.352 e. The quantitative estimate of drug-likeness (QED) is 0.288. The van der Waals surface area contributed by atoms with Gasteiger partial charge in [-0.05, 0) is 74.4 Å². The third kappa shape index (κ3) is 7.79. The summed E-state index contributed by atoms with van der Waals surface area (Å²) in [7, 11) is -4.08. The third-order valence-electron chi connectivity index (χ3n) is 8.09. The highest BCUT2D eigenvalue weighted by Gasteiger charge is 2.33. The van der Waals surface area contributed by atoms with Crippen LogP contribution in [-0.4, -0.2) is 50.3 Å². The van der Waals surface area contributed by atoms with Crippen molar-refractivity contribution in [2.45, 2.75) is 82.7 Å². The molecule has 1 fully saturated rings. The number of hydrogen-bond donors (Lipinski definition) is 1. The highest BCUT2D eigenvalue weighted by molar-refractivity contribution is 7.92. The van der Waals surface area contributed by atoms with Crippen molar-refractivity contribution in [3.05, 3.63) is 95.6 Å². The van der Waals surface area contributed by atoms with Gasteiger partial charge in [-0.1, -0.05) is 86.8 Å². The molecule has 1 aliphatic carbocycles. The Labute approximate surface area is 251 Å². The summed E-state index contributed by atoms with van der Waals surface area (Å²) in [6, 6.07) is 23.0. The average molecular weight is 590 g/mol. The Morgan fingerprint density at radius 1 is 0.881 bits per heavy atom. The van der Waals surface area contributed by atoms with E-state index < -0.39 is 28.5 Å². The molecule has 1 atom stereocenters. The maximum absolute atomic E-state index is 14.1. The molecule has 3 aromatic carbocycles. The number of rotatable bonds is 12. The van der Waals surface area contributed by atoms with E-state index in [-0.39, 0.29) is 29.3 Å². The fourth-order valence-corrected chi connectivity index (χ4v) is 6.77. The Hall–Kier alpha value is -3.65. The highest BCUT2D eigenvalue weighted by Crippen LogP contribution is 2.27. The molecule has 8 heteroatoms. The van der Waals surface area contributed by atoms with Crippen molar-refractivity contribution < 1.29 is 18.0 Å². The lowest BCUT2D eigenvalue weighted by molar-refractivity contribution is -0.139. The smallest absolute Gasteiger partial charge is 0.264 e. The van der Waals surface area contributed by atoms with Crippen LogP contribution in [0.25, 0.3) is 0 Å². The lowest BCUT2D eigenvalue weighted by Gasteiger charge is -2.32. The Morgan fingerprint density at radius 2 is 1.50 bits per heavy atom. The van der Waals surface area contributed by atoms with Gasteiger partial charge in [0.1, 0.15) is 12.6 Å². The van der Waals surface area contributed by atoms with Crippen molar-refractivity contribution in [3.8, 4) is 0 Å². The third-order valence-corrected chi connectivity index (χ3v) is 9.88. The standard InChI is InChI=1S/C34H43N3O4S/c1-25(2)29-16-18-31(19-17-29)37(42(40,41)32-20-14-26(3)15-21-32)24-33(38)36(23-22-28-10-6-5-7-11-28)27(4)34(39)35-30-12-8-9-13-30/h5-7,10-11,14-21,25,27,30H,8-9,12-13,22-24H2,1-4H3,(H,35,39). The summed E-state index contributed by atoms with van der Waals surface area (Å²) in [5, 5.41) is 3.11. The normalized spacial score (nSPS) is 14.5. The van der Waals surface area contributed by atoms with Crippen LogP contribution in [0.4, 0.5) is 5.69 Å². The molecule has 0 heterocycles. The molecule has 3 aromatic rings. The van der Waals surface area contributed by atoms with Crippen molar-refractivity contribution in [2.75, 3.05) is 17.4 Å². The van der Waals surface area contributed by atoms with Crippen LogP contribution in [0.2, 0.25) is 0 Å². The van der Waals surface area contributed by atoms with Crippen LogP contribution in [0.3, 0.4) is 0 Å². The molecule has 0 radical (unpaired) electrons. The minimum Gasteiger partial charge on any atom is -0.352 e. The van der Waals surface area contributed by atoms with Crippen molar-refractivity contribution in [1.82, 2.24) is 10.2 Å². The first-order valence-electron chi connectivity index (χ1n) is 14.9. The van der Waals surface area contributed by atoms with Crippen molar-refractivity contribution >= 4 is 27.5 Å². The number of amides is 2. The minimum absolute atomic E-state index is 0.108. The number of benzene rings is 3. The van der Waals surface area contributed by atoms with E-state index in [1.54, 1.807) is 43.3 Å². The van der Waals surface area contributed by atoms with Gasteiger partial charge in [-0.25, -0.2) is 8.42 Å². The first-order valence-corrected chi connectivity index (χ1v) is 16.3. The van der Waals surface area contributed by atoms with Gasteiger partial charge in [0.15, 0.2) is 0 Å². The maximum Gasteiger partial charge on any atom is 0.264 e. The van der Waals surface area contributed by atoms with E-state index in [1.807, 2.05) is 49.4 Å². The number of anilines is 1. The second kappa shape index (κ2) is 14.0. The van der Waals surface area contributed by atoms with Crippen LogP contribution in [-0.2, 0) is 26.0 Å².